The Bertz CT molecular complexity index is 677. The van der Waals surface area contributed by atoms with Crippen LogP contribution in [0.15, 0.2) is 18.2 Å². The predicted molar refractivity (Wildman–Crippen MR) is 84.7 cm³/mol. The molecular formula is C15H17Cl2N3O. The van der Waals surface area contributed by atoms with E-state index >= 15 is 0 Å². The summed E-state index contributed by atoms with van der Waals surface area (Å²) in [6.45, 7) is 3.11. The normalized spacial score (nSPS) is 16.1. The molecule has 1 amide bonds. The summed E-state index contributed by atoms with van der Waals surface area (Å²) in [5.41, 5.74) is 1.82. The average Bonchev–Trinajstić information content (AvgIpc) is 3.22. The van der Waals surface area contributed by atoms with Crippen molar-refractivity contribution in [2.45, 2.75) is 31.7 Å². The fourth-order valence-electron chi connectivity index (χ4n) is 2.43. The Balaban J connectivity index is 1.82. The Morgan fingerprint density at radius 2 is 2.29 bits per heavy atom. The molecule has 1 aliphatic carbocycles. The van der Waals surface area contributed by atoms with Gasteiger partial charge in [0.05, 0.1) is 16.4 Å². The van der Waals surface area contributed by atoms with E-state index in [1.54, 1.807) is 0 Å². The number of rotatable bonds is 5. The van der Waals surface area contributed by atoms with Crippen LogP contribution in [0.5, 0.6) is 0 Å². The molecule has 3 rings (SSSR count). The van der Waals surface area contributed by atoms with E-state index in [0.29, 0.717) is 18.1 Å². The van der Waals surface area contributed by atoms with Crippen LogP contribution in [0.3, 0.4) is 0 Å². The molecule has 1 aromatic carbocycles. The molecule has 1 saturated carbocycles. The van der Waals surface area contributed by atoms with Gasteiger partial charge in [0.2, 0.25) is 5.91 Å². The molecule has 1 aromatic heterocycles. The number of halogens is 2. The number of nitrogens with zero attached hydrogens (tertiary/aromatic N) is 2. The maximum Gasteiger partial charge on any atom is 0.223 e. The van der Waals surface area contributed by atoms with Gasteiger partial charge < -0.3 is 9.88 Å². The molecule has 2 aromatic rings. The van der Waals surface area contributed by atoms with Crippen molar-refractivity contribution in [2.75, 3.05) is 6.54 Å². The van der Waals surface area contributed by atoms with Gasteiger partial charge in [0.25, 0.3) is 0 Å². The highest BCUT2D eigenvalue weighted by atomic mass is 35.5. The second-order valence-corrected chi connectivity index (χ2v) is 6.53. The van der Waals surface area contributed by atoms with Crippen LogP contribution in [-0.4, -0.2) is 22.0 Å². The third-order valence-electron chi connectivity index (χ3n) is 3.68. The summed E-state index contributed by atoms with van der Waals surface area (Å²) in [4.78, 5) is 16.2. The van der Waals surface area contributed by atoms with Crippen molar-refractivity contribution in [3.8, 4) is 0 Å². The van der Waals surface area contributed by atoms with E-state index in [2.05, 4.69) is 10.3 Å². The van der Waals surface area contributed by atoms with Crippen molar-refractivity contribution in [3.63, 3.8) is 0 Å². The maximum absolute atomic E-state index is 11.7. The van der Waals surface area contributed by atoms with E-state index < -0.39 is 0 Å². The number of alkyl halides is 1. The van der Waals surface area contributed by atoms with Crippen molar-refractivity contribution in [1.29, 1.82) is 0 Å². The second-order valence-electron chi connectivity index (χ2n) is 5.44. The zero-order valence-electron chi connectivity index (χ0n) is 11.8. The van der Waals surface area contributed by atoms with Gasteiger partial charge in [-0.25, -0.2) is 4.98 Å². The van der Waals surface area contributed by atoms with Crippen molar-refractivity contribution in [1.82, 2.24) is 14.9 Å². The van der Waals surface area contributed by atoms with E-state index in [4.69, 9.17) is 23.2 Å². The zero-order chi connectivity index (χ0) is 15.0. The lowest BCUT2D eigenvalue weighted by Gasteiger charge is -2.11. The molecule has 0 radical (unpaired) electrons. The van der Waals surface area contributed by atoms with Gasteiger partial charge in [0.1, 0.15) is 5.82 Å². The fraction of sp³-hybridized carbons (Fsp3) is 0.467. The standard InChI is InChI=1S/C15H17Cl2N3O/c1-9(16)14-19-12-5-4-11(17)8-13(12)20(14)7-6-18-15(21)10-2-3-10/h4-5,8-10H,2-3,6-7H2,1H3,(H,18,21). The van der Waals surface area contributed by atoms with Gasteiger partial charge in [0, 0.05) is 24.0 Å². The van der Waals surface area contributed by atoms with Crippen LogP contribution in [0.25, 0.3) is 11.0 Å². The van der Waals surface area contributed by atoms with Crippen LogP contribution in [0.1, 0.15) is 31.0 Å². The quantitative estimate of drug-likeness (QED) is 0.855. The van der Waals surface area contributed by atoms with E-state index in [-0.39, 0.29) is 17.2 Å². The monoisotopic (exact) mass is 325 g/mol. The van der Waals surface area contributed by atoms with Crippen LogP contribution in [0, 0.1) is 5.92 Å². The van der Waals surface area contributed by atoms with Gasteiger partial charge in [0.15, 0.2) is 0 Å². The molecule has 1 fully saturated rings. The molecule has 4 nitrogen and oxygen atoms in total. The lowest BCUT2D eigenvalue weighted by molar-refractivity contribution is -0.122. The smallest absolute Gasteiger partial charge is 0.223 e. The Kier molecular flexibility index (Phi) is 4.09. The van der Waals surface area contributed by atoms with E-state index in [1.165, 1.54) is 0 Å². The summed E-state index contributed by atoms with van der Waals surface area (Å²) in [6, 6.07) is 5.59. The van der Waals surface area contributed by atoms with Crippen LogP contribution < -0.4 is 5.32 Å². The SMILES string of the molecule is CC(Cl)c1nc2ccc(Cl)cc2n1CCNC(=O)C1CC1. The first-order valence-electron chi connectivity index (χ1n) is 7.13. The number of nitrogens with one attached hydrogen (secondary N) is 1. The molecule has 0 saturated heterocycles. The van der Waals surface area contributed by atoms with Crippen molar-refractivity contribution in [3.05, 3.63) is 29.0 Å². The molecule has 0 bridgehead atoms. The molecule has 112 valence electrons. The van der Waals surface area contributed by atoms with Crippen molar-refractivity contribution in [2.24, 2.45) is 5.92 Å². The minimum atomic E-state index is -0.199. The number of benzene rings is 1. The molecule has 1 N–H and O–H groups in total. The third kappa shape index (κ3) is 3.16. The summed E-state index contributed by atoms with van der Waals surface area (Å²) in [7, 11) is 0. The fourth-order valence-corrected chi connectivity index (χ4v) is 2.77. The van der Waals surface area contributed by atoms with E-state index in [0.717, 1.165) is 29.7 Å². The van der Waals surface area contributed by atoms with Crippen LogP contribution in [-0.2, 0) is 11.3 Å². The van der Waals surface area contributed by atoms with Gasteiger partial charge >= 0.3 is 0 Å². The van der Waals surface area contributed by atoms with Gasteiger partial charge in [-0.15, -0.1) is 11.6 Å². The minimum Gasteiger partial charge on any atom is -0.354 e. The topological polar surface area (TPSA) is 46.9 Å². The lowest BCUT2D eigenvalue weighted by atomic mass is 10.3. The van der Waals surface area contributed by atoms with Crippen LogP contribution >= 0.6 is 23.2 Å². The average molecular weight is 326 g/mol. The molecule has 1 aliphatic rings. The number of amides is 1. The highest BCUT2D eigenvalue weighted by Gasteiger charge is 2.29. The summed E-state index contributed by atoms with van der Waals surface area (Å²) in [5, 5.41) is 3.43. The Morgan fingerprint density at radius 3 is 2.95 bits per heavy atom. The van der Waals surface area contributed by atoms with E-state index in [9.17, 15) is 4.79 Å². The first-order chi connectivity index (χ1) is 10.1. The number of aromatic nitrogens is 2. The molecule has 0 aliphatic heterocycles. The number of fused-ring (bicyclic) bond motifs is 1. The van der Waals surface area contributed by atoms with Gasteiger partial charge in [-0.3, -0.25) is 4.79 Å². The molecule has 6 heteroatoms. The van der Waals surface area contributed by atoms with Crippen molar-refractivity contribution >= 4 is 40.1 Å². The van der Waals surface area contributed by atoms with Gasteiger partial charge in [-0.2, -0.15) is 0 Å². The summed E-state index contributed by atoms with van der Waals surface area (Å²) < 4.78 is 2.03. The van der Waals surface area contributed by atoms with Crippen LogP contribution in [0.4, 0.5) is 0 Å². The van der Waals surface area contributed by atoms with Crippen LogP contribution in [0.2, 0.25) is 5.02 Å². The second kappa shape index (κ2) is 5.85. The first kappa shape index (κ1) is 14.7. The molecule has 0 spiro atoms. The Labute approximate surface area is 133 Å². The molecule has 1 atom stereocenters. The number of carbonyl (C=O) groups excluding carboxylic acids is 1. The number of hydrogen-bond donors (Lipinski definition) is 1. The largest absolute Gasteiger partial charge is 0.354 e. The highest BCUT2D eigenvalue weighted by molar-refractivity contribution is 6.31. The summed E-state index contributed by atoms with van der Waals surface area (Å²) in [6.07, 6.45) is 2.03. The Morgan fingerprint density at radius 1 is 1.52 bits per heavy atom. The summed E-state index contributed by atoms with van der Waals surface area (Å²) >= 11 is 12.3. The number of carbonyl (C=O) groups is 1. The van der Waals surface area contributed by atoms with Gasteiger partial charge in [-0.1, -0.05) is 11.6 Å². The molecule has 1 unspecified atom stereocenters. The first-order valence-corrected chi connectivity index (χ1v) is 7.95. The third-order valence-corrected chi connectivity index (χ3v) is 4.11. The number of imidazole rings is 1. The molecule has 1 heterocycles. The minimum absolute atomic E-state index is 0.151. The highest BCUT2D eigenvalue weighted by Crippen LogP contribution is 2.29. The Hall–Kier alpha value is -1.26. The van der Waals surface area contributed by atoms with E-state index in [1.807, 2.05) is 29.7 Å². The number of hydrogen-bond acceptors (Lipinski definition) is 2. The van der Waals surface area contributed by atoms with Gasteiger partial charge in [-0.05, 0) is 38.0 Å². The predicted octanol–water partition coefficient (Wildman–Crippen LogP) is 3.52. The lowest BCUT2D eigenvalue weighted by Crippen LogP contribution is -2.28. The van der Waals surface area contributed by atoms with Crippen molar-refractivity contribution < 1.29 is 4.79 Å². The molecule has 21 heavy (non-hydrogen) atoms. The zero-order valence-corrected chi connectivity index (χ0v) is 13.3. The maximum atomic E-state index is 11.7. The molecular weight excluding hydrogens is 309 g/mol. The summed E-state index contributed by atoms with van der Waals surface area (Å²) in [5.74, 6) is 1.18.